The molecule has 1 rings (SSSR count). The molecule has 128 valence electrons. The maximum Gasteiger partial charge on any atom is 0.216 e. The summed E-state index contributed by atoms with van der Waals surface area (Å²) < 4.78 is 16.0. The van der Waals surface area contributed by atoms with Gasteiger partial charge in [-0.2, -0.15) is 9.49 Å². The van der Waals surface area contributed by atoms with Gasteiger partial charge >= 0.3 is 0 Å². The van der Waals surface area contributed by atoms with Crippen molar-refractivity contribution in [3.8, 4) is 0 Å². The van der Waals surface area contributed by atoms with E-state index in [2.05, 4.69) is 25.9 Å². The molecular formula is C18H32ClFN2. The van der Waals surface area contributed by atoms with Gasteiger partial charge in [-0.3, -0.25) is 0 Å². The lowest BCUT2D eigenvalue weighted by molar-refractivity contribution is 0.199. The summed E-state index contributed by atoms with van der Waals surface area (Å²) in [4.78, 5) is 0. The molecule has 4 heteroatoms. The van der Waals surface area contributed by atoms with Gasteiger partial charge in [0, 0.05) is 5.56 Å². The highest BCUT2D eigenvalue weighted by molar-refractivity contribution is 6.30. The van der Waals surface area contributed by atoms with E-state index in [-0.39, 0.29) is 11.5 Å². The largest absolute Gasteiger partial charge is 0.232 e. The van der Waals surface area contributed by atoms with Crippen LogP contribution >= 0.6 is 11.6 Å². The van der Waals surface area contributed by atoms with E-state index in [0.29, 0.717) is 10.7 Å². The summed E-state index contributed by atoms with van der Waals surface area (Å²) in [7, 11) is 0. The number of rotatable bonds is 11. The number of hydrogen-bond donors (Lipinski definition) is 0. The highest BCUT2D eigenvalue weighted by atomic mass is 35.5. The topological polar surface area (TPSA) is 17.8 Å². The van der Waals surface area contributed by atoms with Crippen molar-refractivity contribution in [2.24, 2.45) is 0 Å². The lowest BCUT2D eigenvalue weighted by atomic mass is 9.88. The van der Waals surface area contributed by atoms with Gasteiger partial charge in [0.15, 0.2) is 5.15 Å². The van der Waals surface area contributed by atoms with Crippen molar-refractivity contribution in [1.29, 1.82) is 0 Å². The fraction of sp³-hybridized carbons (Fsp3) is 0.833. The Bertz CT molecular complexity index is 445. The van der Waals surface area contributed by atoms with E-state index >= 15 is 0 Å². The van der Waals surface area contributed by atoms with Crippen LogP contribution in [0.4, 0.5) is 4.39 Å². The standard InChI is InChI=1S/C18H32ClFN2/c1-5-7-9-10-12-14-18(4,13-11-8-6-2)22-17(20)15(3)16(19)21-22/h5-14H2,1-4H3. The second kappa shape index (κ2) is 9.54. The van der Waals surface area contributed by atoms with E-state index in [1.165, 1.54) is 38.5 Å². The van der Waals surface area contributed by atoms with Crippen LogP contribution in [0.3, 0.4) is 0 Å². The molecule has 0 radical (unpaired) electrons. The monoisotopic (exact) mass is 330 g/mol. The Hall–Kier alpha value is -0.570. The normalized spacial score (nSPS) is 14.3. The first-order valence-electron chi connectivity index (χ1n) is 8.87. The molecule has 0 saturated heterocycles. The zero-order valence-electron chi connectivity index (χ0n) is 14.7. The SMILES string of the molecule is CCCCCCCC(C)(CCCCC)n1nc(Cl)c(C)c1F. The van der Waals surface area contributed by atoms with Crippen molar-refractivity contribution >= 4 is 11.6 Å². The highest BCUT2D eigenvalue weighted by Crippen LogP contribution is 2.33. The molecule has 0 bridgehead atoms. The Morgan fingerprint density at radius 2 is 1.50 bits per heavy atom. The maximum atomic E-state index is 14.5. The fourth-order valence-electron chi connectivity index (χ4n) is 3.01. The van der Waals surface area contributed by atoms with Crippen LogP contribution in [0.15, 0.2) is 0 Å². The Morgan fingerprint density at radius 1 is 1.00 bits per heavy atom. The molecule has 0 amide bonds. The van der Waals surface area contributed by atoms with Crippen LogP contribution in [0, 0.1) is 12.9 Å². The Labute approximate surface area is 140 Å². The molecule has 0 aliphatic rings. The average Bonchev–Trinajstić information content (AvgIpc) is 2.75. The van der Waals surface area contributed by atoms with Crippen LogP contribution in [0.1, 0.15) is 90.5 Å². The number of halogens is 2. The van der Waals surface area contributed by atoms with Crippen molar-refractivity contribution in [2.45, 2.75) is 97.4 Å². The quantitative estimate of drug-likeness (QED) is 0.416. The van der Waals surface area contributed by atoms with E-state index in [9.17, 15) is 4.39 Å². The van der Waals surface area contributed by atoms with Crippen LogP contribution in [0.25, 0.3) is 0 Å². The van der Waals surface area contributed by atoms with E-state index < -0.39 is 0 Å². The number of nitrogens with zero attached hydrogens (tertiary/aromatic N) is 2. The maximum absolute atomic E-state index is 14.5. The smallest absolute Gasteiger partial charge is 0.216 e. The molecule has 0 saturated carbocycles. The van der Waals surface area contributed by atoms with Crippen molar-refractivity contribution in [1.82, 2.24) is 9.78 Å². The zero-order valence-corrected chi connectivity index (χ0v) is 15.5. The van der Waals surface area contributed by atoms with E-state index in [1.54, 1.807) is 11.6 Å². The molecule has 1 heterocycles. The van der Waals surface area contributed by atoms with Gasteiger partial charge in [-0.15, -0.1) is 0 Å². The Kier molecular flexibility index (Phi) is 8.45. The second-order valence-corrected chi connectivity index (χ2v) is 7.09. The van der Waals surface area contributed by atoms with Gasteiger partial charge < -0.3 is 0 Å². The number of unbranched alkanes of at least 4 members (excludes halogenated alkanes) is 6. The van der Waals surface area contributed by atoms with Crippen LogP contribution in [-0.2, 0) is 5.54 Å². The first-order chi connectivity index (χ1) is 10.5. The van der Waals surface area contributed by atoms with Crippen LogP contribution in [0.5, 0.6) is 0 Å². The van der Waals surface area contributed by atoms with Crippen LogP contribution in [0.2, 0.25) is 5.15 Å². The Morgan fingerprint density at radius 3 is 2.00 bits per heavy atom. The molecule has 22 heavy (non-hydrogen) atoms. The molecule has 2 nitrogen and oxygen atoms in total. The average molecular weight is 331 g/mol. The molecule has 0 fully saturated rings. The summed E-state index contributed by atoms with van der Waals surface area (Å²) >= 11 is 6.03. The lowest BCUT2D eigenvalue weighted by Gasteiger charge is -2.31. The summed E-state index contributed by atoms with van der Waals surface area (Å²) in [5.41, 5.74) is 0.206. The molecule has 0 aliphatic heterocycles. The summed E-state index contributed by atoms with van der Waals surface area (Å²) in [6, 6.07) is 0. The van der Waals surface area contributed by atoms with E-state index in [1.807, 2.05) is 0 Å². The second-order valence-electron chi connectivity index (χ2n) is 6.74. The zero-order chi connectivity index (χ0) is 16.6. The van der Waals surface area contributed by atoms with Crippen molar-refractivity contribution in [3.05, 3.63) is 16.7 Å². The summed E-state index contributed by atoms with van der Waals surface area (Å²) in [6.07, 6.45) is 11.5. The summed E-state index contributed by atoms with van der Waals surface area (Å²) in [6.45, 7) is 8.25. The van der Waals surface area contributed by atoms with Crippen molar-refractivity contribution < 1.29 is 4.39 Å². The van der Waals surface area contributed by atoms with E-state index in [0.717, 1.165) is 25.7 Å². The number of aromatic nitrogens is 2. The van der Waals surface area contributed by atoms with Gasteiger partial charge in [0.2, 0.25) is 5.95 Å². The third-order valence-electron chi connectivity index (χ3n) is 4.64. The predicted octanol–water partition coefficient (Wildman–Crippen LogP) is 6.64. The van der Waals surface area contributed by atoms with Crippen molar-refractivity contribution in [3.63, 3.8) is 0 Å². The van der Waals surface area contributed by atoms with Crippen molar-refractivity contribution in [2.75, 3.05) is 0 Å². The molecule has 0 N–H and O–H groups in total. The molecule has 1 atom stereocenters. The van der Waals surface area contributed by atoms with Gasteiger partial charge in [-0.25, -0.2) is 4.68 Å². The molecule has 1 unspecified atom stereocenters. The minimum absolute atomic E-state index is 0.261. The van der Waals surface area contributed by atoms with Crippen LogP contribution < -0.4 is 0 Å². The van der Waals surface area contributed by atoms with Gasteiger partial charge in [0.1, 0.15) is 0 Å². The number of hydrogen-bond acceptors (Lipinski definition) is 1. The first-order valence-corrected chi connectivity index (χ1v) is 9.25. The molecule has 1 aromatic heterocycles. The van der Waals surface area contributed by atoms with Gasteiger partial charge in [-0.1, -0.05) is 76.8 Å². The Balaban J connectivity index is 2.78. The molecule has 0 aromatic carbocycles. The lowest BCUT2D eigenvalue weighted by Crippen LogP contribution is -2.32. The van der Waals surface area contributed by atoms with Crippen LogP contribution in [-0.4, -0.2) is 9.78 Å². The van der Waals surface area contributed by atoms with E-state index in [4.69, 9.17) is 11.6 Å². The molecule has 0 aliphatic carbocycles. The predicted molar refractivity (Wildman–Crippen MR) is 93.1 cm³/mol. The minimum atomic E-state index is -0.266. The van der Waals surface area contributed by atoms with Gasteiger partial charge in [0.25, 0.3) is 0 Å². The molecular weight excluding hydrogens is 299 g/mol. The van der Waals surface area contributed by atoms with Gasteiger partial charge in [0.05, 0.1) is 5.54 Å². The minimum Gasteiger partial charge on any atom is -0.232 e. The molecule has 1 aromatic rings. The summed E-state index contributed by atoms with van der Waals surface area (Å²) in [5.74, 6) is -0.266. The summed E-state index contributed by atoms with van der Waals surface area (Å²) in [5, 5.41) is 4.58. The van der Waals surface area contributed by atoms with Gasteiger partial charge in [-0.05, 0) is 26.7 Å². The fourth-order valence-corrected chi connectivity index (χ4v) is 3.16. The highest BCUT2D eigenvalue weighted by Gasteiger charge is 2.31. The molecule has 0 spiro atoms. The third-order valence-corrected chi connectivity index (χ3v) is 5.00. The third kappa shape index (κ3) is 5.26. The first kappa shape index (κ1) is 19.5.